The molecule has 0 radical (unpaired) electrons. The normalized spacial score (nSPS) is 14.1. The summed E-state index contributed by atoms with van der Waals surface area (Å²) >= 11 is -0.604. The number of thioether (sulfide) groups is 1. The van der Waals surface area contributed by atoms with E-state index in [2.05, 4.69) is 17.1 Å². The van der Waals surface area contributed by atoms with Gasteiger partial charge in [-0.05, 0) is 57.2 Å². The Morgan fingerprint density at radius 1 is 1.08 bits per heavy atom. The number of halogens is 3. The van der Waals surface area contributed by atoms with Crippen molar-refractivity contribution in [2.24, 2.45) is 5.14 Å². The maximum absolute atomic E-state index is 13.5. The van der Waals surface area contributed by atoms with Crippen molar-refractivity contribution in [2.45, 2.75) is 71.7 Å². The van der Waals surface area contributed by atoms with Crippen molar-refractivity contribution >= 4 is 38.6 Å². The van der Waals surface area contributed by atoms with Crippen LogP contribution >= 0.6 is 11.8 Å². The molecule has 2 aromatic carbocycles. The third-order valence-corrected chi connectivity index (χ3v) is 9.26. The summed E-state index contributed by atoms with van der Waals surface area (Å²) in [5.74, 6) is 0.504. The first-order valence-electron chi connectivity index (χ1n) is 12.2. The fourth-order valence-electron chi connectivity index (χ4n) is 3.70. The van der Waals surface area contributed by atoms with Gasteiger partial charge in [0.15, 0.2) is 4.90 Å². The third-order valence-electron chi connectivity index (χ3n) is 5.84. The molecule has 0 aliphatic carbocycles. The standard InChI is InChI=1S/C25H36F3N3O3S3/c1-3-4-5-6-10-16-31(2)17-15-20(19-35-21-11-8-7-9-12-21)30-23-14-13-22(36(29)32)18-24(23)37(33,34)25(26,27)28/h7-9,11-14,18,20,30H,3-6,10,15-17,19,29H2,1-2H3. The van der Waals surface area contributed by atoms with Crippen molar-refractivity contribution in [3.05, 3.63) is 48.5 Å². The van der Waals surface area contributed by atoms with Crippen LogP contribution in [0.25, 0.3) is 0 Å². The Labute approximate surface area is 225 Å². The number of anilines is 1. The Morgan fingerprint density at radius 3 is 2.38 bits per heavy atom. The second-order valence-corrected chi connectivity index (χ2v) is 12.9. The number of hydrogen-bond donors (Lipinski definition) is 2. The van der Waals surface area contributed by atoms with Crippen LogP contribution in [0.15, 0.2) is 63.2 Å². The zero-order chi connectivity index (χ0) is 27.5. The van der Waals surface area contributed by atoms with Crippen molar-refractivity contribution < 1.29 is 26.1 Å². The van der Waals surface area contributed by atoms with Crippen LogP contribution in [0, 0.1) is 0 Å². The smallest absolute Gasteiger partial charge is 0.501 e. The fraction of sp³-hybridized carbons (Fsp3) is 0.520. The highest BCUT2D eigenvalue weighted by Gasteiger charge is 2.48. The van der Waals surface area contributed by atoms with Gasteiger partial charge in [0.25, 0.3) is 9.84 Å². The summed E-state index contributed by atoms with van der Waals surface area (Å²) < 4.78 is 76.7. The maximum Gasteiger partial charge on any atom is 0.501 e. The molecule has 12 heteroatoms. The average molecular weight is 580 g/mol. The molecule has 0 saturated heterocycles. The van der Waals surface area contributed by atoms with Crippen molar-refractivity contribution in [3.63, 3.8) is 0 Å². The lowest BCUT2D eigenvalue weighted by Gasteiger charge is -2.25. The molecule has 2 atom stereocenters. The first kappa shape index (κ1) is 31.8. The van der Waals surface area contributed by atoms with Crippen LogP contribution < -0.4 is 10.5 Å². The molecule has 0 saturated carbocycles. The van der Waals surface area contributed by atoms with Crippen LogP contribution in [-0.2, 0) is 21.2 Å². The number of hydrogen-bond acceptors (Lipinski definition) is 7. The van der Waals surface area contributed by atoms with Crippen molar-refractivity contribution in [1.82, 2.24) is 4.90 Å². The molecule has 0 spiro atoms. The lowest BCUT2D eigenvalue weighted by Crippen LogP contribution is -2.31. The molecule has 0 aliphatic rings. The van der Waals surface area contributed by atoms with E-state index >= 15 is 0 Å². The summed E-state index contributed by atoms with van der Waals surface area (Å²) in [4.78, 5) is 2.00. The van der Waals surface area contributed by atoms with E-state index in [0.717, 1.165) is 30.3 Å². The summed E-state index contributed by atoms with van der Waals surface area (Å²) in [6.07, 6.45) is 6.39. The predicted molar refractivity (Wildman–Crippen MR) is 146 cm³/mol. The van der Waals surface area contributed by atoms with Gasteiger partial charge in [-0.15, -0.1) is 16.9 Å². The van der Waals surface area contributed by atoms with Gasteiger partial charge in [0.1, 0.15) is 4.90 Å². The predicted octanol–water partition coefficient (Wildman–Crippen LogP) is 5.83. The van der Waals surface area contributed by atoms with E-state index in [0.29, 0.717) is 18.7 Å². The van der Waals surface area contributed by atoms with Gasteiger partial charge in [0.2, 0.25) is 0 Å². The summed E-state index contributed by atoms with van der Waals surface area (Å²) in [5, 5.41) is 8.35. The van der Waals surface area contributed by atoms with Crippen LogP contribution in [0.5, 0.6) is 0 Å². The highest BCUT2D eigenvalue weighted by molar-refractivity contribution is 7.99. The Balaban J connectivity index is 2.23. The first-order chi connectivity index (χ1) is 17.5. The molecular formula is C25H36F3N3O3S3. The molecule has 0 aliphatic heterocycles. The van der Waals surface area contributed by atoms with Crippen molar-refractivity contribution in [3.8, 4) is 0 Å². The Bertz CT molecular complexity index is 1060. The highest BCUT2D eigenvalue weighted by atomic mass is 32.2. The minimum Gasteiger partial charge on any atom is -0.593 e. The molecule has 37 heavy (non-hydrogen) atoms. The lowest BCUT2D eigenvalue weighted by molar-refractivity contribution is -0.0435. The summed E-state index contributed by atoms with van der Waals surface area (Å²) in [7, 11) is -3.69. The number of rotatable bonds is 16. The topological polar surface area (TPSA) is 98.5 Å². The Kier molecular flexibility index (Phi) is 13.1. The van der Waals surface area contributed by atoms with Crippen LogP contribution in [0.3, 0.4) is 0 Å². The molecule has 2 rings (SSSR count). The van der Waals surface area contributed by atoms with E-state index in [1.54, 1.807) is 0 Å². The van der Waals surface area contributed by atoms with Gasteiger partial charge in [0, 0.05) is 22.8 Å². The number of sulfone groups is 1. The van der Waals surface area contributed by atoms with E-state index in [1.807, 2.05) is 37.4 Å². The van der Waals surface area contributed by atoms with E-state index in [9.17, 15) is 26.1 Å². The summed E-state index contributed by atoms with van der Waals surface area (Å²) in [6.45, 7) is 3.76. The van der Waals surface area contributed by atoms with Gasteiger partial charge in [-0.25, -0.2) is 8.42 Å². The number of nitrogens with zero attached hydrogens (tertiary/aromatic N) is 1. The van der Waals surface area contributed by atoms with Gasteiger partial charge >= 0.3 is 5.51 Å². The maximum atomic E-state index is 13.5. The molecule has 0 heterocycles. The zero-order valence-corrected chi connectivity index (χ0v) is 23.6. The number of nitrogens with two attached hydrogens (primary N) is 1. The van der Waals surface area contributed by atoms with E-state index < -0.39 is 31.6 Å². The van der Waals surface area contributed by atoms with E-state index in [4.69, 9.17) is 5.14 Å². The molecule has 0 amide bonds. The van der Waals surface area contributed by atoms with Crippen molar-refractivity contribution in [1.29, 1.82) is 0 Å². The number of benzene rings is 2. The lowest BCUT2D eigenvalue weighted by atomic mass is 10.1. The summed E-state index contributed by atoms with van der Waals surface area (Å²) in [6, 6.07) is 12.5. The molecule has 6 nitrogen and oxygen atoms in total. The number of nitrogens with one attached hydrogen (secondary N) is 1. The molecule has 0 bridgehead atoms. The quantitative estimate of drug-likeness (QED) is 0.147. The number of unbranched alkanes of at least 4 members (excludes halogenated alkanes) is 4. The minimum atomic E-state index is -5.70. The van der Waals surface area contributed by atoms with Crippen LogP contribution in [0.1, 0.15) is 45.4 Å². The van der Waals surface area contributed by atoms with Crippen LogP contribution in [0.4, 0.5) is 18.9 Å². The molecule has 0 fully saturated rings. The summed E-state index contributed by atoms with van der Waals surface area (Å²) in [5.41, 5.74) is -5.70. The second kappa shape index (κ2) is 15.2. The molecule has 2 unspecified atom stereocenters. The Morgan fingerprint density at radius 2 is 1.76 bits per heavy atom. The monoisotopic (exact) mass is 579 g/mol. The molecule has 208 valence electrons. The van der Waals surface area contributed by atoms with Crippen LogP contribution in [-0.4, -0.2) is 55.3 Å². The van der Waals surface area contributed by atoms with E-state index in [1.165, 1.54) is 43.2 Å². The minimum absolute atomic E-state index is 0.188. The molecular weight excluding hydrogens is 543 g/mol. The molecule has 2 aromatic rings. The first-order valence-corrected chi connectivity index (χ1v) is 15.9. The third kappa shape index (κ3) is 10.3. The van der Waals surface area contributed by atoms with E-state index in [-0.39, 0.29) is 16.6 Å². The second-order valence-electron chi connectivity index (χ2n) is 8.88. The number of alkyl halides is 3. The van der Waals surface area contributed by atoms with Gasteiger partial charge < -0.3 is 14.8 Å². The van der Waals surface area contributed by atoms with Gasteiger partial charge in [-0.1, -0.05) is 50.8 Å². The van der Waals surface area contributed by atoms with Crippen molar-refractivity contribution in [2.75, 3.05) is 31.2 Å². The SMILES string of the molecule is CCCCCCCN(C)CCC(CSc1ccccc1)Nc1ccc([S+](N)[O-])cc1S(=O)(=O)C(F)(F)F. The zero-order valence-electron chi connectivity index (χ0n) is 21.2. The molecule has 3 N–H and O–H groups in total. The Hall–Kier alpha value is -1.44. The molecule has 0 aromatic heterocycles. The van der Waals surface area contributed by atoms with Gasteiger partial charge in [0.05, 0.1) is 17.0 Å². The largest absolute Gasteiger partial charge is 0.593 e. The van der Waals surface area contributed by atoms with Crippen LogP contribution in [0.2, 0.25) is 0 Å². The van der Waals surface area contributed by atoms with Gasteiger partial charge in [-0.2, -0.15) is 13.2 Å². The average Bonchev–Trinajstić information content (AvgIpc) is 2.85. The fourth-order valence-corrected chi connectivity index (χ4v) is 6.15. The van der Waals surface area contributed by atoms with Gasteiger partial charge in [-0.3, -0.25) is 0 Å². The highest BCUT2D eigenvalue weighted by Crippen LogP contribution is 2.36.